The van der Waals surface area contributed by atoms with E-state index in [1.807, 2.05) is 26.0 Å². The fourth-order valence-corrected chi connectivity index (χ4v) is 1.74. The number of pyridine rings is 1. The SMILES string of the molecule is Cc1ccc(C(C)NCc2cccc(C(=O)O)n2)o1. The van der Waals surface area contributed by atoms with Gasteiger partial charge in [0.1, 0.15) is 17.2 Å². The van der Waals surface area contributed by atoms with E-state index in [4.69, 9.17) is 9.52 Å². The lowest BCUT2D eigenvalue weighted by Crippen LogP contribution is -2.19. The number of aromatic carboxylic acids is 1. The lowest BCUT2D eigenvalue weighted by atomic mass is 10.2. The molecule has 5 heteroatoms. The molecule has 0 fully saturated rings. The summed E-state index contributed by atoms with van der Waals surface area (Å²) in [6, 6.07) is 8.84. The first-order chi connectivity index (χ1) is 9.06. The highest BCUT2D eigenvalue weighted by Crippen LogP contribution is 2.15. The summed E-state index contributed by atoms with van der Waals surface area (Å²) in [5, 5.41) is 12.1. The van der Waals surface area contributed by atoms with Gasteiger partial charge in [-0.2, -0.15) is 0 Å². The molecule has 0 aliphatic carbocycles. The number of furan rings is 1. The van der Waals surface area contributed by atoms with E-state index in [2.05, 4.69) is 10.3 Å². The molecule has 19 heavy (non-hydrogen) atoms. The molecule has 2 rings (SSSR count). The summed E-state index contributed by atoms with van der Waals surface area (Å²) in [5.41, 5.74) is 0.746. The molecule has 2 aromatic heterocycles. The average molecular weight is 260 g/mol. The van der Waals surface area contributed by atoms with Crippen molar-refractivity contribution in [2.45, 2.75) is 26.4 Å². The van der Waals surface area contributed by atoms with Crippen LogP contribution >= 0.6 is 0 Å². The summed E-state index contributed by atoms with van der Waals surface area (Å²) in [4.78, 5) is 14.9. The largest absolute Gasteiger partial charge is 0.477 e. The second-order valence-corrected chi connectivity index (χ2v) is 4.37. The first-order valence-electron chi connectivity index (χ1n) is 6.05. The summed E-state index contributed by atoms with van der Waals surface area (Å²) in [5.74, 6) is 0.707. The van der Waals surface area contributed by atoms with Gasteiger partial charge in [0.15, 0.2) is 0 Å². The molecule has 2 N–H and O–H groups in total. The maximum Gasteiger partial charge on any atom is 0.354 e. The van der Waals surface area contributed by atoms with E-state index in [0.29, 0.717) is 12.2 Å². The summed E-state index contributed by atoms with van der Waals surface area (Å²) < 4.78 is 5.52. The Morgan fingerprint density at radius 2 is 2.21 bits per heavy atom. The van der Waals surface area contributed by atoms with E-state index in [1.54, 1.807) is 12.1 Å². The number of hydrogen-bond acceptors (Lipinski definition) is 4. The number of carbonyl (C=O) groups is 1. The highest BCUT2D eigenvalue weighted by molar-refractivity contribution is 5.85. The van der Waals surface area contributed by atoms with Gasteiger partial charge in [0, 0.05) is 6.54 Å². The average Bonchev–Trinajstić information content (AvgIpc) is 2.83. The summed E-state index contributed by atoms with van der Waals surface area (Å²) in [7, 11) is 0. The van der Waals surface area contributed by atoms with Gasteiger partial charge in [0.2, 0.25) is 0 Å². The quantitative estimate of drug-likeness (QED) is 0.864. The molecule has 0 bridgehead atoms. The Morgan fingerprint density at radius 3 is 2.84 bits per heavy atom. The van der Waals surface area contributed by atoms with Crippen molar-refractivity contribution in [1.29, 1.82) is 0 Å². The van der Waals surface area contributed by atoms with Gasteiger partial charge >= 0.3 is 5.97 Å². The zero-order chi connectivity index (χ0) is 13.8. The second-order valence-electron chi connectivity index (χ2n) is 4.37. The molecule has 0 radical (unpaired) electrons. The number of carboxylic acid groups (broad SMARTS) is 1. The van der Waals surface area contributed by atoms with E-state index in [9.17, 15) is 4.79 Å². The van der Waals surface area contributed by atoms with Crippen molar-refractivity contribution in [1.82, 2.24) is 10.3 Å². The van der Waals surface area contributed by atoms with E-state index >= 15 is 0 Å². The van der Waals surface area contributed by atoms with Gasteiger partial charge in [-0.15, -0.1) is 0 Å². The van der Waals surface area contributed by atoms with Crippen LogP contribution in [0.1, 0.15) is 40.7 Å². The van der Waals surface area contributed by atoms with Crippen molar-refractivity contribution in [3.63, 3.8) is 0 Å². The molecule has 100 valence electrons. The molecule has 1 atom stereocenters. The minimum absolute atomic E-state index is 0.0454. The standard InChI is InChI=1S/C14H16N2O3/c1-9-6-7-13(19-9)10(2)15-8-11-4-3-5-12(16-11)14(17)18/h3-7,10,15H,8H2,1-2H3,(H,17,18). The Kier molecular flexibility index (Phi) is 3.97. The van der Waals surface area contributed by atoms with Crippen molar-refractivity contribution in [2.75, 3.05) is 0 Å². The van der Waals surface area contributed by atoms with Gasteiger partial charge in [-0.3, -0.25) is 0 Å². The Bertz CT molecular complexity index is 578. The third kappa shape index (κ3) is 3.42. The molecule has 2 aromatic rings. The highest BCUT2D eigenvalue weighted by atomic mass is 16.4. The van der Waals surface area contributed by atoms with Crippen LogP contribution in [-0.2, 0) is 6.54 Å². The van der Waals surface area contributed by atoms with Crippen LogP contribution in [0, 0.1) is 6.92 Å². The van der Waals surface area contributed by atoms with Crippen LogP contribution in [-0.4, -0.2) is 16.1 Å². The second kappa shape index (κ2) is 5.67. The van der Waals surface area contributed by atoms with Crippen LogP contribution < -0.4 is 5.32 Å². The maximum atomic E-state index is 10.8. The molecule has 2 heterocycles. The Labute approximate surface area is 111 Å². The van der Waals surface area contributed by atoms with Crippen LogP contribution in [0.15, 0.2) is 34.7 Å². The lowest BCUT2D eigenvalue weighted by Gasteiger charge is -2.11. The van der Waals surface area contributed by atoms with E-state index in [-0.39, 0.29) is 11.7 Å². The minimum Gasteiger partial charge on any atom is -0.477 e. The van der Waals surface area contributed by atoms with Crippen molar-refractivity contribution in [2.24, 2.45) is 0 Å². The van der Waals surface area contributed by atoms with E-state index < -0.39 is 5.97 Å². The molecule has 0 saturated carbocycles. The van der Waals surface area contributed by atoms with Crippen LogP contribution in [0.3, 0.4) is 0 Å². The Hall–Kier alpha value is -2.14. The van der Waals surface area contributed by atoms with Gasteiger partial charge in [-0.25, -0.2) is 9.78 Å². The number of aromatic nitrogens is 1. The molecule has 0 amide bonds. The molecular weight excluding hydrogens is 244 g/mol. The third-order valence-electron chi connectivity index (χ3n) is 2.80. The van der Waals surface area contributed by atoms with Crippen molar-refractivity contribution >= 4 is 5.97 Å². The number of nitrogens with zero attached hydrogens (tertiary/aromatic N) is 1. The number of rotatable bonds is 5. The van der Waals surface area contributed by atoms with Crippen LogP contribution in [0.5, 0.6) is 0 Å². The first kappa shape index (κ1) is 13.3. The highest BCUT2D eigenvalue weighted by Gasteiger charge is 2.10. The molecule has 0 aromatic carbocycles. The van der Waals surface area contributed by atoms with Gasteiger partial charge in [0.05, 0.1) is 11.7 Å². The lowest BCUT2D eigenvalue weighted by molar-refractivity contribution is 0.0690. The first-order valence-corrected chi connectivity index (χ1v) is 6.05. The topological polar surface area (TPSA) is 75.4 Å². The monoisotopic (exact) mass is 260 g/mol. The number of carboxylic acids is 1. The fourth-order valence-electron chi connectivity index (χ4n) is 1.74. The number of hydrogen-bond donors (Lipinski definition) is 2. The van der Waals surface area contributed by atoms with Crippen LogP contribution in [0.4, 0.5) is 0 Å². The van der Waals surface area contributed by atoms with Crippen LogP contribution in [0.25, 0.3) is 0 Å². The maximum absolute atomic E-state index is 10.8. The van der Waals surface area contributed by atoms with E-state index in [1.165, 1.54) is 6.07 Å². The van der Waals surface area contributed by atoms with Gasteiger partial charge in [0.25, 0.3) is 0 Å². The number of nitrogens with one attached hydrogen (secondary N) is 1. The van der Waals surface area contributed by atoms with Crippen LogP contribution in [0.2, 0.25) is 0 Å². The Balaban J connectivity index is 1.98. The summed E-state index contributed by atoms with van der Waals surface area (Å²) in [6.45, 7) is 4.37. The minimum atomic E-state index is -1.02. The zero-order valence-corrected chi connectivity index (χ0v) is 10.9. The van der Waals surface area contributed by atoms with Crippen molar-refractivity contribution < 1.29 is 14.3 Å². The molecule has 0 aliphatic heterocycles. The van der Waals surface area contributed by atoms with Gasteiger partial charge in [-0.05, 0) is 38.1 Å². The molecule has 0 saturated heterocycles. The molecule has 1 unspecified atom stereocenters. The normalized spacial score (nSPS) is 12.3. The third-order valence-corrected chi connectivity index (χ3v) is 2.80. The molecule has 5 nitrogen and oxygen atoms in total. The predicted octanol–water partition coefficient (Wildman–Crippen LogP) is 2.53. The summed E-state index contributed by atoms with van der Waals surface area (Å²) in [6.07, 6.45) is 0. The van der Waals surface area contributed by atoms with Crippen molar-refractivity contribution in [3.8, 4) is 0 Å². The van der Waals surface area contributed by atoms with Gasteiger partial charge < -0.3 is 14.8 Å². The zero-order valence-electron chi connectivity index (χ0n) is 10.9. The molecule has 0 aliphatic rings. The van der Waals surface area contributed by atoms with Gasteiger partial charge in [-0.1, -0.05) is 6.07 Å². The summed E-state index contributed by atoms with van der Waals surface area (Å²) >= 11 is 0. The predicted molar refractivity (Wildman–Crippen MR) is 69.9 cm³/mol. The number of aryl methyl sites for hydroxylation is 1. The van der Waals surface area contributed by atoms with E-state index in [0.717, 1.165) is 11.5 Å². The molecular formula is C14H16N2O3. The van der Waals surface area contributed by atoms with Crippen molar-refractivity contribution in [3.05, 3.63) is 53.2 Å². The smallest absolute Gasteiger partial charge is 0.354 e. The molecule has 0 spiro atoms. The fraction of sp³-hybridized carbons (Fsp3) is 0.286. The Morgan fingerprint density at radius 1 is 1.42 bits per heavy atom.